The number of sulfonamides is 1. The third kappa shape index (κ3) is 3.64. The van der Waals surface area contributed by atoms with Crippen LogP contribution in [0.3, 0.4) is 0 Å². The van der Waals surface area contributed by atoms with E-state index in [9.17, 15) is 13.2 Å². The zero-order chi connectivity index (χ0) is 17.2. The minimum absolute atomic E-state index is 0.0326. The van der Waals surface area contributed by atoms with Crippen molar-refractivity contribution >= 4 is 15.9 Å². The number of primary sulfonamides is 1. The molecule has 3 rings (SSSR count). The number of nitrogens with two attached hydrogens (primary N) is 1. The Morgan fingerprint density at radius 3 is 2.46 bits per heavy atom. The maximum Gasteiger partial charge on any atom is 0.233 e. The molecule has 132 valence electrons. The van der Waals surface area contributed by atoms with Gasteiger partial charge in [-0.1, -0.05) is 49.6 Å². The van der Waals surface area contributed by atoms with Gasteiger partial charge in [0.25, 0.3) is 0 Å². The summed E-state index contributed by atoms with van der Waals surface area (Å²) in [5.41, 5.74) is 0.667. The van der Waals surface area contributed by atoms with Gasteiger partial charge in [0.15, 0.2) is 0 Å². The van der Waals surface area contributed by atoms with E-state index in [1.54, 1.807) is 0 Å². The molecule has 0 spiro atoms. The van der Waals surface area contributed by atoms with Crippen LogP contribution in [-0.2, 0) is 20.2 Å². The molecule has 1 amide bonds. The van der Waals surface area contributed by atoms with Crippen molar-refractivity contribution < 1.29 is 13.2 Å². The largest absolute Gasteiger partial charge is 0.342 e. The molecule has 1 aliphatic heterocycles. The second-order valence-electron chi connectivity index (χ2n) is 7.24. The Hall–Kier alpha value is -1.40. The topological polar surface area (TPSA) is 80.5 Å². The summed E-state index contributed by atoms with van der Waals surface area (Å²) in [7, 11) is -3.49. The first-order valence-electron chi connectivity index (χ1n) is 8.76. The molecule has 1 heterocycles. The van der Waals surface area contributed by atoms with Crippen LogP contribution in [0.15, 0.2) is 30.3 Å². The maximum atomic E-state index is 13.4. The van der Waals surface area contributed by atoms with Gasteiger partial charge in [-0.2, -0.15) is 0 Å². The molecule has 1 aromatic carbocycles. The Morgan fingerprint density at radius 2 is 1.83 bits per heavy atom. The molecule has 1 saturated heterocycles. The van der Waals surface area contributed by atoms with E-state index in [0.717, 1.165) is 31.2 Å². The number of amides is 1. The minimum Gasteiger partial charge on any atom is -0.342 e. The summed E-state index contributed by atoms with van der Waals surface area (Å²) in [4.78, 5) is 15.2. The molecule has 0 aromatic heterocycles. The molecule has 1 atom stereocenters. The quantitative estimate of drug-likeness (QED) is 0.902. The summed E-state index contributed by atoms with van der Waals surface area (Å²) in [5, 5.41) is 5.17. The number of hydrogen-bond acceptors (Lipinski definition) is 3. The van der Waals surface area contributed by atoms with Crippen molar-refractivity contribution in [1.82, 2.24) is 4.90 Å². The van der Waals surface area contributed by atoms with Crippen molar-refractivity contribution in [2.75, 3.05) is 18.8 Å². The van der Waals surface area contributed by atoms with Crippen LogP contribution in [0.4, 0.5) is 0 Å². The molecule has 5 nitrogen and oxygen atoms in total. The zero-order valence-corrected chi connectivity index (χ0v) is 14.8. The van der Waals surface area contributed by atoms with Crippen LogP contribution < -0.4 is 5.14 Å². The van der Waals surface area contributed by atoms with Crippen molar-refractivity contribution in [3.63, 3.8) is 0 Å². The molecular weight excluding hydrogens is 324 g/mol. The fourth-order valence-corrected chi connectivity index (χ4v) is 5.25. The fraction of sp³-hybridized carbons (Fsp3) is 0.611. The van der Waals surface area contributed by atoms with Crippen molar-refractivity contribution in [3.8, 4) is 0 Å². The van der Waals surface area contributed by atoms with Gasteiger partial charge in [-0.25, -0.2) is 13.6 Å². The van der Waals surface area contributed by atoms with Crippen molar-refractivity contribution in [2.24, 2.45) is 11.1 Å². The van der Waals surface area contributed by atoms with Crippen molar-refractivity contribution in [2.45, 2.75) is 43.9 Å². The lowest BCUT2D eigenvalue weighted by molar-refractivity contribution is -0.137. The van der Waals surface area contributed by atoms with Crippen LogP contribution in [0.5, 0.6) is 0 Å². The molecule has 2 N–H and O–H groups in total. The Balaban J connectivity index is 1.80. The molecule has 2 aliphatic rings. The van der Waals surface area contributed by atoms with Gasteiger partial charge in [0.2, 0.25) is 15.9 Å². The molecule has 1 saturated carbocycles. The Labute approximate surface area is 144 Å². The van der Waals surface area contributed by atoms with Gasteiger partial charge in [0.05, 0.1) is 11.2 Å². The highest BCUT2D eigenvalue weighted by Crippen LogP contribution is 2.41. The van der Waals surface area contributed by atoms with Gasteiger partial charge in [-0.3, -0.25) is 4.79 Å². The fourth-order valence-electron chi connectivity index (χ4n) is 4.32. The Bertz CT molecular complexity index is 681. The first-order chi connectivity index (χ1) is 11.4. The summed E-state index contributed by atoms with van der Waals surface area (Å²) in [5.74, 6) is 0.0976. The highest BCUT2D eigenvalue weighted by Gasteiger charge is 2.45. The second-order valence-corrected chi connectivity index (χ2v) is 8.90. The van der Waals surface area contributed by atoms with Gasteiger partial charge in [0, 0.05) is 13.1 Å². The number of nitrogens with zero attached hydrogens (tertiary/aromatic N) is 1. The molecule has 1 aromatic rings. The summed E-state index contributed by atoms with van der Waals surface area (Å²) in [6.45, 7) is 1.14. The smallest absolute Gasteiger partial charge is 0.233 e. The molecular formula is C18H26N2O3S. The monoisotopic (exact) mass is 350 g/mol. The summed E-state index contributed by atoms with van der Waals surface area (Å²) in [6, 6.07) is 10.1. The van der Waals surface area contributed by atoms with E-state index in [2.05, 4.69) is 12.1 Å². The van der Waals surface area contributed by atoms with Crippen LogP contribution >= 0.6 is 0 Å². The number of benzene rings is 1. The Morgan fingerprint density at radius 1 is 1.17 bits per heavy atom. The lowest BCUT2D eigenvalue weighted by Crippen LogP contribution is -2.47. The number of carbonyl (C=O) groups excluding carboxylic acids is 1. The Kier molecular flexibility index (Phi) is 4.97. The average molecular weight is 350 g/mol. The number of carbonyl (C=O) groups is 1. The van der Waals surface area contributed by atoms with Crippen molar-refractivity contribution in [3.05, 3.63) is 35.9 Å². The highest BCUT2D eigenvalue weighted by molar-refractivity contribution is 7.89. The summed E-state index contributed by atoms with van der Waals surface area (Å²) in [6.07, 6.45) is 5.78. The van der Waals surface area contributed by atoms with Gasteiger partial charge >= 0.3 is 0 Å². The molecule has 24 heavy (non-hydrogen) atoms. The van der Waals surface area contributed by atoms with Crippen LogP contribution in [0.25, 0.3) is 0 Å². The van der Waals surface area contributed by atoms with E-state index in [1.165, 1.54) is 6.42 Å². The molecule has 2 fully saturated rings. The zero-order valence-electron chi connectivity index (χ0n) is 14.0. The second kappa shape index (κ2) is 6.84. The van der Waals surface area contributed by atoms with Crippen molar-refractivity contribution in [1.29, 1.82) is 0 Å². The summed E-state index contributed by atoms with van der Waals surface area (Å²) < 4.78 is 22.6. The van der Waals surface area contributed by atoms with E-state index < -0.39 is 15.4 Å². The molecule has 0 bridgehead atoms. The van der Waals surface area contributed by atoms with Gasteiger partial charge < -0.3 is 4.90 Å². The van der Waals surface area contributed by atoms with Crippen LogP contribution in [-0.4, -0.2) is 38.1 Å². The van der Waals surface area contributed by atoms with E-state index in [4.69, 9.17) is 5.14 Å². The average Bonchev–Trinajstić information content (AvgIpc) is 3.02. The van der Waals surface area contributed by atoms with E-state index in [0.29, 0.717) is 19.5 Å². The van der Waals surface area contributed by atoms with Crippen LogP contribution in [0.1, 0.15) is 44.1 Å². The van der Waals surface area contributed by atoms with E-state index in [1.807, 2.05) is 23.1 Å². The van der Waals surface area contributed by atoms with E-state index >= 15 is 0 Å². The molecule has 1 unspecified atom stereocenters. The predicted molar refractivity (Wildman–Crippen MR) is 93.9 cm³/mol. The first kappa shape index (κ1) is 17.4. The first-order valence-corrected chi connectivity index (χ1v) is 10.5. The van der Waals surface area contributed by atoms with Gasteiger partial charge in [0.1, 0.15) is 0 Å². The minimum atomic E-state index is -3.49. The summed E-state index contributed by atoms with van der Waals surface area (Å²) >= 11 is 0. The van der Waals surface area contributed by atoms with E-state index in [-0.39, 0.29) is 17.6 Å². The van der Waals surface area contributed by atoms with Crippen LogP contribution in [0, 0.1) is 5.92 Å². The molecule has 0 radical (unpaired) electrons. The predicted octanol–water partition coefficient (Wildman–Crippen LogP) is 2.03. The lowest BCUT2D eigenvalue weighted by Gasteiger charge is -2.39. The highest BCUT2D eigenvalue weighted by atomic mass is 32.2. The molecule has 6 heteroatoms. The van der Waals surface area contributed by atoms with Gasteiger partial charge in [-0.15, -0.1) is 0 Å². The maximum absolute atomic E-state index is 13.4. The normalized spacial score (nSPS) is 24.0. The number of hydrogen-bond donors (Lipinski definition) is 1. The number of rotatable bonds is 4. The SMILES string of the molecule is NS(=O)(=O)CC1CCN(C(=O)C2(c3ccccc3)CCCCC2)C1. The third-order valence-corrected chi connectivity index (χ3v) is 6.42. The molecule has 1 aliphatic carbocycles. The lowest BCUT2D eigenvalue weighted by atomic mass is 9.68. The standard InChI is InChI=1S/C18H26N2O3S/c19-24(22,23)14-15-9-12-20(13-15)17(21)18(10-5-2-6-11-18)16-7-3-1-4-8-16/h1,3-4,7-8,15H,2,5-6,9-14H2,(H2,19,22,23). The van der Waals surface area contributed by atoms with Crippen LogP contribution in [0.2, 0.25) is 0 Å². The van der Waals surface area contributed by atoms with Gasteiger partial charge in [-0.05, 0) is 30.7 Å². The third-order valence-electron chi connectivity index (χ3n) is 5.48. The number of likely N-dealkylation sites (tertiary alicyclic amines) is 1.